The van der Waals surface area contributed by atoms with Crippen LogP contribution in [0, 0.1) is 13.8 Å². The lowest BCUT2D eigenvalue weighted by atomic mass is 10.1. The quantitative estimate of drug-likeness (QED) is 0.847. The van der Waals surface area contributed by atoms with Crippen molar-refractivity contribution in [3.63, 3.8) is 0 Å². The molecule has 1 atom stereocenters. The predicted octanol–water partition coefficient (Wildman–Crippen LogP) is 1.00. The molecule has 0 saturated heterocycles. The number of amides is 1. The van der Waals surface area contributed by atoms with Crippen LogP contribution in [0.15, 0.2) is 10.9 Å². The number of hydrogen-bond donors (Lipinski definition) is 2. The lowest BCUT2D eigenvalue weighted by Gasteiger charge is -2.20. The van der Waals surface area contributed by atoms with E-state index in [0.29, 0.717) is 37.3 Å². The van der Waals surface area contributed by atoms with Crippen molar-refractivity contribution in [1.82, 2.24) is 24.6 Å². The summed E-state index contributed by atoms with van der Waals surface area (Å²) in [6, 6.07) is 1.87. The Labute approximate surface area is 151 Å². The number of H-pyrrole nitrogens is 1. The molecule has 0 saturated carbocycles. The van der Waals surface area contributed by atoms with Gasteiger partial charge in [0.1, 0.15) is 0 Å². The number of aryl methyl sites for hydroxylation is 3. The van der Waals surface area contributed by atoms with Crippen LogP contribution in [0.1, 0.15) is 54.2 Å². The number of fused-ring (bicyclic) bond motifs is 1. The average molecular weight is 359 g/mol. The van der Waals surface area contributed by atoms with E-state index >= 15 is 0 Å². The molecule has 2 aromatic rings. The van der Waals surface area contributed by atoms with Crippen LogP contribution in [-0.2, 0) is 24.3 Å². The summed E-state index contributed by atoms with van der Waals surface area (Å²) in [7, 11) is 0. The Morgan fingerprint density at radius 1 is 1.38 bits per heavy atom. The molecular formula is C18H25N5O3. The van der Waals surface area contributed by atoms with Gasteiger partial charge in [-0.05, 0) is 45.2 Å². The van der Waals surface area contributed by atoms with E-state index in [0.717, 1.165) is 29.9 Å². The van der Waals surface area contributed by atoms with Crippen LogP contribution in [0.25, 0.3) is 0 Å². The summed E-state index contributed by atoms with van der Waals surface area (Å²) in [6.07, 6.45) is 1.14. The Hall–Kier alpha value is -2.48. The molecule has 0 bridgehead atoms. The zero-order chi connectivity index (χ0) is 18.8. The SMILES string of the molecule is Cc1nc(=O)[nH]c(C)c1CCC(=O)N1CCCn2nc(C(C)O)cc2C1. The van der Waals surface area contributed by atoms with Crippen molar-refractivity contribution in [3.05, 3.63) is 44.9 Å². The molecule has 26 heavy (non-hydrogen) atoms. The molecule has 0 aliphatic carbocycles. The number of carbonyl (C=O) groups excluding carboxylic acids is 1. The summed E-state index contributed by atoms with van der Waals surface area (Å²) in [6.45, 7) is 7.25. The number of aromatic amines is 1. The van der Waals surface area contributed by atoms with Gasteiger partial charge in [-0.3, -0.25) is 9.48 Å². The third kappa shape index (κ3) is 3.85. The Morgan fingerprint density at radius 3 is 2.85 bits per heavy atom. The standard InChI is InChI=1S/C18H25N5O3/c1-11-15(12(2)20-18(26)19-11)5-6-17(25)22-7-4-8-23-14(10-22)9-16(21-23)13(3)24/h9,13,24H,4-8,10H2,1-3H3,(H,19,20,26). The van der Waals surface area contributed by atoms with Crippen molar-refractivity contribution in [2.45, 2.75) is 59.2 Å². The molecule has 0 radical (unpaired) electrons. The van der Waals surface area contributed by atoms with Crippen molar-refractivity contribution in [1.29, 1.82) is 0 Å². The number of rotatable bonds is 4. The molecular weight excluding hydrogens is 334 g/mol. The number of nitrogens with one attached hydrogen (secondary N) is 1. The number of carbonyl (C=O) groups is 1. The van der Waals surface area contributed by atoms with Crippen molar-refractivity contribution in [2.24, 2.45) is 0 Å². The second kappa shape index (κ2) is 7.41. The van der Waals surface area contributed by atoms with Gasteiger partial charge in [-0.15, -0.1) is 0 Å². The second-order valence-electron chi connectivity index (χ2n) is 6.86. The molecule has 140 valence electrons. The summed E-state index contributed by atoms with van der Waals surface area (Å²) in [5, 5.41) is 14.1. The van der Waals surface area contributed by atoms with Gasteiger partial charge < -0.3 is 15.0 Å². The average Bonchev–Trinajstić information content (AvgIpc) is 2.86. The zero-order valence-corrected chi connectivity index (χ0v) is 15.4. The van der Waals surface area contributed by atoms with E-state index in [-0.39, 0.29) is 11.6 Å². The first kappa shape index (κ1) is 18.3. The number of aromatic nitrogens is 4. The van der Waals surface area contributed by atoms with Crippen LogP contribution in [0.2, 0.25) is 0 Å². The van der Waals surface area contributed by atoms with Gasteiger partial charge in [0, 0.05) is 30.9 Å². The van der Waals surface area contributed by atoms with Crippen molar-refractivity contribution in [3.8, 4) is 0 Å². The van der Waals surface area contributed by atoms with Gasteiger partial charge in [0.15, 0.2) is 0 Å². The van der Waals surface area contributed by atoms with E-state index in [9.17, 15) is 14.7 Å². The number of hydrogen-bond acceptors (Lipinski definition) is 5. The fourth-order valence-electron chi connectivity index (χ4n) is 3.41. The minimum Gasteiger partial charge on any atom is -0.387 e. The van der Waals surface area contributed by atoms with Gasteiger partial charge in [0.25, 0.3) is 0 Å². The Kier molecular flexibility index (Phi) is 5.22. The second-order valence-corrected chi connectivity index (χ2v) is 6.86. The molecule has 1 aliphatic rings. The minimum atomic E-state index is -0.614. The summed E-state index contributed by atoms with van der Waals surface area (Å²) in [5.74, 6) is 0.0725. The molecule has 0 aromatic carbocycles. The molecule has 1 unspecified atom stereocenters. The van der Waals surface area contributed by atoms with Gasteiger partial charge in [-0.25, -0.2) is 4.79 Å². The van der Waals surface area contributed by atoms with Crippen molar-refractivity contribution >= 4 is 5.91 Å². The normalized spacial score (nSPS) is 15.5. The third-order valence-electron chi connectivity index (χ3n) is 4.86. The summed E-state index contributed by atoms with van der Waals surface area (Å²) >= 11 is 0. The van der Waals surface area contributed by atoms with E-state index in [4.69, 9.17) is 0 Å². The fourth-order valence-corrected chi connectivity index (χ4v) is 3.41. The van der Waals surface area contributed by atoms with Crippen LogP contribution in [-0.4, -0.2) is 42.2 Å². The number of nitrogens with zero attached hydrogens (tertiary/aromatic N) is 4. The summed E-state index contributed by atoms with van der Waals surface area (Å²) in [5.41, 5.74) is 3.60. The van der Waals surface area contributed by atoms with Gasteiger partial charge in [0.05, 0.1) is 24.0 Å². The Balaban J connectivity index is 1.69. The predicted molar refractivity (Wildman–Crippen MR) is 95.5 cm³/mol. The topological polar surface area (TPSA) is 104 Å². The minimum absolute atomic E-state index is 0.0725. The molecule has 1 aliphatic heterocycles. The van der Waals surface area contributed by atoms with E-state index in [1.54, 1.807) is 13.8 Å². The third-order valence-corrected chi connectivity index (χ3v) is 4.86. The van der Waals surface area contributed by atoms with Crippen LogP contribution >= 0.6 is 0 Å². The molecule has 2 N–H and O–H groups in total. The van der Waals surface area contributed by atoms with E-state index in [1.807, 2.05) is 22.6 Å². The Morgan fingerprint density at radius 2 is 2.15 bits per heavy atom. The molecule has 0 spiro atoms. The van der Waals surface area contributed by atoms with E-state index in [1.165, 1.54) is 0 Å². The Bertz CT molecular complexity index is 842. The maximum Gasteiger partial charge on any atom is 0.345 e. The maximum absolute atomic E-state index is 12.7. The summed E-state index contributed by atoms with van der Waals surface area (Å²) < 4.78 is 1.88. The molecule has 0 fully saturated rings. The molecule has 3 rings (SSSR count). The van der Waals surface area contributed by atoms with Crippen LogP contribution < -0.4 is 5.69 Å². The largest absolute Gasteiger partial charge is 0.387 e. The van der Waals surface area contributed by atoms with Crippen molar-refractivity contribution < 1.29 is 9.90 Å². The molecule has 8 nitrogen and oxygen atoms in total. The summed E-state index contributed by atoms with van der Waals surface area (Å²) in [4.78, 5) is 32.6. The van der Waals surface area contributed by atoms with Crippen LogP contribution in [0.4, 0.5) is 0 Å². The first-order chi connectivity index (χ1) is 12.3. The smallest absolute Gasteiger partial charge is 0.345 e. The lowest BCUT2D eigenvalue weighted by Crippen LogP contribution is -2.31. The van der Waals surface area contributed by atoms with Crippen LogP contribution in [0.3, 0.4) is 0 Å². The zero-order valence-electron chi connectivity index (χ0n) is 15.4. The highest BCUT2D eigenvalue weighted by molar-refractivity contribution is 5.76. The first-order valence-corrected chi connectivity index (χ1v) is 8.94. The highest BCUT2D eigenvalue weighted by Gasteiger charge is 2.22. The van der Waals surface area contributed by atoms with Gasteiger partial charge in [0.2, 0.25) is 5.91 Å². The fraction of sp³-hybridized carbons (Fsp3) is 0.556. The van der Waals surface area contributed by atoms with E-state index in [2.05, 4.69) is 15.1 Å². The molecule has 2 aromatic heterocycles. The molecule has 1 amide bonds. The van der Waals surface area contributed by atoms with E-state index < -0.39 is 6.10 Å². The van der Waals surface area contributed by atoms with Gasteiger partial charge in [-0.1, -0.05) is 0 Å². The molecule has 8 heteroatoms. The van der Waals surface area contributed by atoms with Crippen molar-refractivity contribution in [2.75, 3.05) is 6.54 Å². The highest BCUT2D eigenvalue weighted by atomic mass is 16.3. The maximum atomic E-state index is 12.7. The molecule has 3 heterocycles. The monoisotopic (exact) mass is 359 g/mol. The van der Waals surface area contributed by atoms with Gasteiger partial charge >= 0.3 is 5.69 Å². The van der Waals surface area contributed by atoms with Crippen LogP contribution in [0.5, 0.6) is 0 Å². The highest BCUT2D eigenvalue weighted by Crippen LogP contribution is 2.19. The first-order valence-electron chi connectivity index (χ1n) is 8.94. The van der Waals surface area contributed by atoms with Gasteiger partial charge in [-0.2, -0.15) is 10.1 Å². The number of aliphatic hydroxyl groups excluding tert-OH is 1. The number of aliphatic hydroxyl groups is 1. The lowest BCUT2D eigenvalue weighted by molar-refractivity contribution is -0.131.